The smallest absolute Gasteiger partial charge is 0.203 e. The molecule has 26 heavy (non-hydrogen) atoms. The van der Waals surface area contributed by atoms with Gasteiger partial charge in [-0.2, -0.15) is 5.26 Å². The minimum Gasteiger partial charge on any atom is -0.493 e. The highest BCUT2D eigenvalue weighted by Gasteiger charge is 2.16. The highest BCUT2D eigenvalue weighted by Crippen LogP contribution is 2.40. The van der Waals surface area contributed by atoms with Crippen molar-refractivity contribution in [1.29, 1.82) is 5.26 Å². The maximum Gasteiger partial charge on any atom is 0.203 e. The number of hydrogen-bond donors (Lipinski definition) is 1. The van der Waals surface area contributed by atoms with E-state index in [0.717, 1.165) is 22.2 Å². The Morgan fingerprint density at radius 2 is 1.77 bits per heavy atom. The number of nitrogens with zero attached hydrogens (tertiary/aromatic N) is 2. The van der Waals surface area contributed by atoms with Crippen molar-refractivity contribution in [3.05, 3.63) is 53.7 Å². The Morgan fingerprint density at radius 1 is 1.00 bits per heavy atom. The number of aromatic nitrogens is 1. The van der Waals surface area contributed by atoms with E-state index in [2.05, 4.69) is 16.4 Å². The molecular weight excluding hydrogens is 330 g/mol. The van der Waals surface area contributed by atoms with Crippen molar-refractivity contribution in [2.75, 3.05) is 26.6 Å². The normalized spacial score (nSPS) is 10.2. The Kier molecular flexibility index (Phi) is 5.09. The molecule has 0 saturated carbocycles. The highest BCUT2D eigenvalue weighted by molar-refractivity contribution is 5.91. The largest absolute Gasteiger partial charge is 0.493 e. The zero-order valence-electron chi connectivity index (χ0n) is 14.9. The molecule has 1 aromatic heterocycles. The van der Waals surface area contributed by atoms with Crippen LogP contribution in [-0.4, -0.2) is 26.3 Å². The van der Waals surface area contributed by atoms with Crippen LogP contribution in [-0.2, 0) is 6.54 Å². The topological polar surface area (TPSA) is 76.4 Å². The third-order valence-electron chi connectivity index (χ3n) is 4.09. The molecule has 1 N–H and O–H groups in total. The first-order valence-electron chi connectivity index (χ1n) is 8.03. The lowest BCUT2D eigenvalue weighted by atomic mass is 10.1. The second-order valence-corrected chi connectivity index (χ2v) is 5.53. The Labute approximate surface area is 151 Å². The van der Waals surface area contributed by atoms with Crippen molar-refractivity contribution in [1.82, 2.24) is 4.98 Å². The maximum atomic E-state index is 9.22. The number of nitriles is 1. The first-order chi connectivity index (χ1) is 12.7. The fourth-order valence-corrected chi connectivity index (χ4v) is 2.87. The van der Waals surface area contributed by atoms with Gasteiger partial charge in [-0.1, -0.05) is 18.2 Å². The first-order valence-corrected chi connectivity index (χ1v) is 8.03. The summed E-state index contributed by atoms with van der Waals surface area (Å²) < 4.78 is 16.3. The van der Waals surface area contributed by atoms with Crippen LogP contribution in [0.2, 0.25) is 0 Å². The molecule has 0 bridgehead atoms. The van der Waals surface area contributed by atoms with Crippen LogP contribution < -0.4 is 19.5 Å². The molecule has 0 spiro atoms. The molecule has 132 valence electrons. The van der Waals surface area contributed by atoms with E-state index in [0.29, 0.717) is 29.5 Å². The van der Waals surface area contributed by atoms with Gasteiger partial charge in [0.15, 0.2) is 11.5 Å². The molecule has 0 radical (unpaired) electrons. The number of nitrogens with one attached hydrogen (secondary N) is 1. The zero-order chi connectivity index (χ0) is 18.5. The first kappa shape index (κ1) is 17.4. The number of hydrogen-bond acceptors (Lipinski definition) is 6. The Hall–Kier alpha value is -3.46. The van der Waals surface area contributed by atoms with E-state index in [9.17, 15) is 5.26 Å². The Balaban J connectivity index is 1.97. The van der Waals surface area contributed by atoms with Crippen molar-refractivity contribution in [3.63, 3.8) is 0 Å². The third kappa shape index (κ3) is 3.20. The Morgan fingerprint density at radius 3 is 2.46 bits per heavy atom. The van der Waals surface area contributed by atoms with Crippen molar-refractivity contribution >= 4 is 16.6 Å². The predicted molar refractivity (Wildman–Crippen MR) is 99.9 cm³/mol. The number of ether oxygens (including phenoxy) is 3. The molecule has 0 unspecified atom stereocenters. The van der Waals surface area contributed by atoms with Gasteiger partial charge in [-0.05, 0) is 24.3 Å². The fourth-order valence-electron chi connectivity index (χ4n) is 2.87. The predicted octanol–water partition coefficient (Wildman–Crippen LogP) is 3.74. The molecule has 6 heteroatoms. The molecule has 0 atom stereocenters. The van der Waals surface area contributed by atoms with E-state index in [-0.39, 0.29) is 0 Å². The second kappa shape index (κ2) is 7.62. The van der Waals surface area contributed by atoms with Gasteiger partial charge in [0.05, 0.1) is 26.8 Å². The van der Waals surface area contributed by atoms with Crippen LogP contribution in [0.1, 0.15) is 11.3 Å². The number of benzene rings is 2. The summed E-state index contributed by atoms with van der Waals surface area (Å²) in [5, 5.41) is 13.5. The van der Waals surface area contributed by atoms with Gasteiger partial charge in [0.25, 0.3) is 0 Å². The van der Waals surface area contributed by atoms with Gasteiger partial charge < -0.3 is 19.5 Å². The maximum absolute atomic E-state index is 9.22. The fraction of sp³-hybridized carbons (Fsp3) is 0.200. The summed E-state index contributed by atoms with van der Waals surface area (Å²) in [5.74, 6) is 1.76. The van der Waals surface area contributed by atoms with Gasteiger partial charge in [0, 0.05) is 23.2 Å². The lowest BCUT2D eigenvalue weighted by Gasteiger charge is -2.17. The molecule has 0 aliphatic rings. The van der Waals surface area contributed by atoms with E-state index >= 15 is 0 Å². The van der Waals surface area contributed by atoms with Crippen molar-refractivity contribution in [3.8, 4) is 23.3 Å². The van der Waals surface area contributed by atoms with Gasteiger partial charge in [-0.25, -0.2) is 4.98 Å². The van der Waals surface area contributed by atoms with Crippen LogP contribution in [0, 0.1) is 11.3 Å². The van der Waals surface area contributed by atoms with Crippen molar-refractivity contribution < 1.29 is 14.2 Å². The van der Waals surface area contributed by atoms with Crippen LogP contribution in [0.25, 0.3) is 10.9 Å². The second-order valence-electron chi connectivity index (χ2n) is 5.53. The molecule has 0 saturated heterocycles. The minimum atomic E-state index is 0.366. The SMILES string of the molecule is COc1ccc(CNc2cc(C#N)nc3ccccc23)c(OC)c1OC. The lowest BCUT2D eigenvalue weighted by molar-refractivity contribution is 0.322. The number of pyridine rings is 1. The van der Waals surface area contributed by atoms with E-state index in [1.165, 1.54) is 0 Å². The summed E-state index contributed by atoms with van der Waals surface area (Å²) in [6, 6.07) is 15.3. The van der Waals surface area contributed by atoms with Crippen LogP contribution in [0.15, 0.2) is 42.5 Å². The quantitative estimate of drug-likeness (QED) is 0.730. The number of anilines is 1. The number of para-hydroxylation sites is 1. The van der Waals surface area contributed by atoms with Crippen LogP contribution in [0.3, 0.4) is 0 Å². The van der Waals surface area contributed by atoms with Crippen LogP contribution in [0.5, 0.6) is 17.2 Å². The third-order valence-corrected chi connectivity index (χ3v) is 4.09. The molecule has 2 aromatic carbocycles. The summed E-state index contributed by atoms with van der Waals surface area (Å²) in [5.41, 5.74) is 2.88. The monoisotopic (exact) mass is 349 g/mol. The van der Waals surface area contributed by atoms with Crippen molar-refractivity contribution in [2.24, 2.45) is 0 Å². The summed E-state index contributed by atoms with van der Waals surface area (Å²) in [7, 11) is 4.76. The van der Waals surface area contributed by atoms with Gasteiger partial charge in [-0.15, -0.1) is 0 Å². The molecular formula is C20H19N3O3. The molecule has 0 aliphatic heterocycles. The van der Waals surface area contributed by atoms with Gasteiger partial charge in [0.1, 0.15) is 11.8 Å². The van der Waals surface area contributed by atoms with Crippen LogP contribution >= 0.6 is 0 Å². The standard InChI is InChI=1S/C20H19N3O3/c1-24-18-9-8-13(19(25-2)20(18)26-3)12-22-17-10-14(11-21)23-16-7-5-4-6-15(16)17/h4-10H,12H2,1-3H3,(H,22,23). The number of fused-ring (bicyclic) bond motifs is 1. The summed E-state index contributed by atoms with van der Waals surface area (Å²) in [6.07, 6.45) is 0. The number of rotatable bonds is 6. The molecule has 6 nitrogen and oxygen atoms in total. The van der Waals surface area contributed by atoms with Gasteiger partial charge >= 0.3 is 0 Å². The summed E-state index contributed by atoms with van der Waals surface area (Å²) in [4.78, 5) is 4.33. The Bertz CT molecular complexity index is 980. The van der Waals surface area contributed by atoms with Gasteiger partial charge in [-0.3, -0.25) is 0 Å². The minimum absolute atomic E-state index is 0.366. The molecule has 3 aromatic rings. The molecule has 0 fully saturated rings. The summed E-state index contributed by atoms with van der Waals surface area (Å²) in [6.45, 7) is 0.488. The summed E-state index contributed by atoms with van der Waals surface area (Å²) >= 11 is 0. The van der Waals surface area contributed by atoms with E-state index < -0.39 is 0 Å². The molecule has 0 amide bonds. The average Bonchev–Trinajstić information content (AvgIpc) is 2.70. The molecule has 0 aliphatic carbocycles. The number of methoxy groups -OCH3 is 3. The molecule has 3 rings (SSSR count). The average molecular weight is 349 g/mol. The molecule has 1 heterocycles. The van der Waals surface area contributed by atoms with E-state index in [4.69, 9.17) is 14.2 Å². The highest BCUT2D eigenvalue weighted by atomic mass is 16.5. The van der Waals surface area contributed by atoms with Crippen molar-refractivity contribution in [2.45, 2.75) is 6.54 Å². The van der Waals surface area contributed by atoms with Gasteiger partial charge in [0.2, 0.25) is 5.75 Å². The lowest BCUT2D eigenvalue weighted by Crippen LogP contribution is -2.05. The van der Waals surface area contributed by atoms with E-state index in [1.807, 2.05) is 36.4 Å². The zero-order valence-corrected chi connectivity index (χ0v) is 14.9. The van der Waals surface area contributed by atoms with E-state index in [1.54, 1.807) is 27.4 Å². The van der Waals surface area contributed by atoms with Crippen LogP contribution in [0.4, 0.5) is 5.69 Å².